The number of benzene rings is 2. The van der Waals surface area contributed by atoms with Crippen LogP contribution in [0.2, 0.25) is 0 Å². The highest BCUT2D eigenvalue weighted by Crippen LogP contribution is 2.18. The lowest BCUT2D eigenvalue weighted by Crippen LogP contribution is -2.36. The number of ether oxygens (including phenoxy) is 2. The predicted molar refractivity (Wildman–Crippen MR) is 137 cm³/mol. The number of nitrogen functional groups attached to an aromatic ring is 1. The number of anilines is 1. The van der Waals surface area contributed by atoms with E-state index in [9.17, 15) is 9.18 Å². The maximum Gasteiger partial charge on any atom is 0.292 e. The Balaban J connectivity index is 1.28. The van der Waals surface area contributed by atoms with Gasteiger partial charge in [-0.1, -0.05) is 17.3 Å². The zero-order valence-corrected chi connectivity index (χ0v) is 21.1. The van der Waals surface area contributed by atoms with Gasteiger partial charge in [-0.25, -0.2) is 14.4 Å². The summed E-state index contributed by atoms with van der Waals surface area (Å²) in [6.07, 6.45) is 0. The minimum absolute atomic E-state index is 0.0340. The molecule has 0 unspecified atom stereocenters. The summed E-state index contributed by atoms with van der Waals surface area (Å²) in [6, 6.07) is 13.4. The number of hydrogen-bond donors (Lipinski definition) is 2. The van der Waals surface area contributed by atoms with E-state index in [0.29, 0.717) is 56.6 Å². The third-order valence-electron chi connectivity index (χ3n) is 6.04. The lowest BCUT2D eigenvalue weighted by molar-refractivity contribution is 0.0335. The highest BCUT2D eigenvalue weighted by Gasteiger charge is 2.26. The fourth-order valence-electron chi connectivity index (χ4n) is 3.90. The molecule has 1 saturated heterocycles. The number of hydrazone groups is 1. The van der Waals surface area contributed by atoms with Crippen LogP contribution in [-0.2, 0) is 17.9 Å². The fraction of sp³-hybridized carbons (Fsp3) is 0.280. The van der Waals surface area contributed by atoms with Gasteiger partial charge in [-0.2, -0.15) is 9.78 Å². The highest BCUT2D eigenvalue weighted by molar-refractivity contribution is 6.00. The molecule has 0 atom stereocenters. The average molecular weight is 536 g/mol. The molecule has 2 aromatic carbocycles. The first-order valence-corrected chi connectivity index (χ1v) is 12.1. The Morgan fingerprint density at radius 2 is 1.87 bits per heavy atom. The van der Waals surface area contributed by atoms with E-state index in [1.807, 2.05) is 12.1 Å². The first kappa shape index (κ1) is 25.9. The van der Waals surface area contributed by atoms with Crippen LogP contribution in [0, 0.1) is 5.82 Å². The first-order chi connectivity index (χ1) is 19.0. The summed E-state index contributed by atoms with van der Waals surface area (Å²) in [7, 11) is 0. The number of hydrogen-bond acceptors (Lipinski definition) is 11. The molecule has 2 aromatic heterocycles. The summed E-state index contributed by atoms with van der Waals surface area (Å²) < 4.78 is 30.1. The van der Waals surface area contributed by atoms with E-state index in [-0.39, 0.29) is 23.1 Å². The predicted octanol–water partition coefficient (Wildman–Crippen LogP) is 1.94. The molecule has 0 saturated carbocycles. The summed E-state index contributed by atoms with van der Waals surface area (Å²) >= 11 is 0. The van der Waals surface area contributed by atoms with Crippen LogP contribution in [0.5, 0.6) is 5.75 Å². The van der Waals surface area contributed by atoms with Gasteiger partial charge in [0.05, 0.1) is 18.9 Å². The molecule has 4 aromatic rings. The van der Waals surface area contributed by atoms with Crippen molar-refractivity contribution in [3.05, 3.63) is 76.9 Å². The maximum absolute atomic E-state index is 13.3. The number of rotatable bonds is 9. The highest BCUT2D eigenvalue weighted by atomic mass is 19.1. The lowest BCUT2D eigenvalue weighted by atomic mass is 10.1. The van der Waals surface area contributed by atoms with Crippen molar-refractivity contribution in [3.63, 3.8) is 0 Å². The van der Waals surface area contributed by atoms with E-state index in [2.05, 4.69) is 40.7 Å². The van der Waals surface area contributed by atoms with E-state index in [1.165, 1.54) is 16.8 Å². The lowest BCUT2D eigenvalue weighted by Gasteiger charge is -2.25. The summed E-state index contributed by atoms with van der Waals surface area (Å²) in [5.74, 6) is -0.185. The molecule has 1 fully saturated rings. The van der Waals surface area contributed by atoms with Gasteiger partial charge in [-0.15, -0.1) is 5.10 Å². The topological polar surface area (TPSA) is 159 Å². The van der Waals surface area contributed by atoms with Crippen molar-refractivity contribution in [3.8, 4) is 11.6 Å². The van der Waals surface area contributed by atoms with Crippen molar-refractivity contribution in [2.24, 2.45) is 5.10 Å². The van der Waals surface area contributed by atoms with Crippen molar-refractivity contribution in [2.75, 3.05) is 32.0 Å². The Bertz CT molecular complexity index is 1450. The molecule has 13 nitrogen and oxygen atoms in total. The summed E-state index contributed by atoms with van der Waals surface area (Å²) in [6.45, 7) is 5.02. The van der Waals surface area contributed by atoms with Crippen molar-refractivity contribution < 1.29 is 23.3 Å². The van der Waals surface area contributed by atoms with Gasteiger partial charge < -0.3 is 15.2 Å². The first-order valence-electron chi connectivity index (χ1n) is 12.1. The number of morpholine rings is 1. The van der Waals surface area contributed by atoms with Gasteiger partial charge in [0.15, 0.2) is 5.69 Å². The minimum atomic E-state index is -0.552. The zero-order valence-electron chi connectivity index (χ0n) is 21.1. The van der Waals surface area contributed by atoms with Gasteiger partial charge in [0.25, 0.3) is 5.91 Å². The molecule has 1 amide bonds. The van der Waals surface area contributed by atoms with Crippen molar-refractivity contribution >= 4 is 17.4 Å². The van der Waals surface area contributed by atoms with Crippen LogP contribution >= 0.6 is 0 Å². The van der Waals surface area contributed by atoms with E-state index in [4.69, 9.17) is 15.2 Å². The Hall–Kier alpha value is -4.69. The molecular formula is C25H26FN9O4. The maximum atomic E-state index is 13.3. The Morgan fingerprint density at radius 1 is 1.13 bits per heavy atom. The third kappa shape index (κ3) is 6.25. The van der Waals surface area contributed by atoms with Gasteiger partial charge in [-0.05, 0) is 64.8 Å². The molecule has 0 radical (unpaired) electrons. The molecule has 39 heavy (non-hydrogen) atoms. The van der Waals surface area contributed by atoms with E-state index in [1.54, 1.807) is 31.2 Å². The normalized spacial score (nSPS) is 14.4. The Kier molecular flexibility index (Phi) is 7.84. The number of carbonyl (C=O) groups is 1. The van der Waals surface area contributed by atoms with Crippen LogP contribution in [0.4, 0.5) is 10.2 Å². The van der Waals surface area contributed by atoms with E-state index in [0.717, 1.165) is 11.1 Å². The summed E-state index contributed by atoms with van der Waals surface area (Å²) in [4.78, 5) is 15.4. The van der Waals surface area contributed by atoms with Crippen LogP contribution in [0.3, 0.4) is 0 Å². The number of amides is 1. The van der Waals surface area contributed by atoms with Crippen molar-refractivity contribution in [1.82, 2.24) is 35.6 Å². The Labute approximate surface area is 222 Å². The standard InChI is InChI=1S/C25H26FN9O4/c1-16(18-4-8-20(9-5-18)38-15-17-2-6-19(26)7-3-17)28-30-25(36)22-21(14-34-10-12-37-13-11-34)29-33-35(22)24-23(27)31-39-32-24/h2-9H,10-15H2,1H3,(H2,27,31)(H,30,36)/b28-16-. The average Bonchev–Trinajstić information content (AvgIpc) is 3.57. The quantitative estimate of drug-likeness (QED) is 0.240. The molecule has 3 N–H and O–H groups in total. The molecule has 3 heterocycles. The summed E-state index contributed by atoms with van der Waals surface area (Å²) in [5, 5.41) is 19.8. The minimum Gasteiger partial charge on any atom is -0.489 e. The Morgan fingerprint density at radius 3 is 2.56 bits per heavy atom. The fourth-order valence-corrected chi connectivity index (χ4v) is 3.90. The number of nitrogens with one attached hydrogen (secondary N) is 1. The van der Waals surface area contributed by atoms with Gasteiger partial charge in [-0.3, -0.25) is 9.69 Å². The summed E-state index contributed by atoms with van der Waals surface area (Å²) in [5.41, 5.74) is 11.1. The van der Waals surface area contributed by atoms with E-state index < -0.39 is 5.91 Å². The number of nitrogens with zero attached hydrogens (tertiary/aromatic N) is 7. The number of carbonyl (C=O) groups excluding carboxylic acids is 1. The molecule has 0 aliphatic carbocycles. The smallest absolute Gasteiger partial charge is 0.292 e. The third-order valence-corrected chi connectivity index (χ3v) is 6.04. The second kappa shape index (κ2) is 11.8. The van der Waals surface area contributed by atoms with Crippen LogP contribution in [0.25, 0.3) is 5.82 Å². The molecule has 202 valence electrons. The largest absolute Gasteiger partial charge is 0.489 e. The van der Waals surface area contributed by atoms with Crippen molar-refractivity contribution in [1.29, 1.82) is 0 Å². The molecule has 5 rings (SSSR count). The van der Waals surface area contributed by atoms with Crippen molar-refractivity contribution in [2.45, 2.75) is 20.1 Å². The number of aromatic nitrogens is 5. The van der Waals surface area contributed by atoms with E-state index >= 15 is 0 Å². The zero-order chi connectivity index (χ0) is 27.2. The van der Waals surface area contributed by atoms with Crippen LogP contribution in [0.1, 0.15) is 34.2 Å². The second-order valence-corrected chi connectivity index (χ2v) is 8.74. The van der Waals surface area contributed by atoms with Gasteiger partial charge in [0, 0.05) is 19.6 Å². The van der Waals surface area contributed by atoms with Crippen LogP contribution < -0.4 is 15.9 Å². The number of halogens is 1. The molecule has 0 spiro atoms. The molecule has 1 aliphatic heterocycles. The molecule has 1 aliphatic rings. The second-order valence-electron chi connectivity index (χ2n) is 8.74. The molecule has 0 bridgehead atoms. The number of nitrogens with two attached hydrogens (primary N) is 1. The monoisotopic (exact) mass is 535 g/mol. The SMILES string of the molecule is C/C(=N/NC(=O)c1c(CN2CCOCC2)nnn1-c1nonc1N)c1ccc(OCc2ccc(F)cc2)cc1. The van der Waals surface area contributed by atoms with Crippen LogP contribution in [-0.4, -0.2) is 68.1 Å². The van der Waals surface area contributed by atoms with Gasteiger partial charge >= 0.3 is 0 Å². The molecule has 14 heteroatoms. The van der Waals surface area contributed by atoms with Gasteiger partial charge in [0.1, 0.15) is 23.9 Å². The van der Waals surface area contributed by atoms with Crippen LogP contribution in [0.15, 0.2) is 58.3 Å². The molecular weight excluding hydrogens is 509 g/mol. The van der Waals surface area contributed by atoms with Gasteiger partial charge in [0.2, 0.25) is 11.6 Å².